The molecule has 0 bridgehead atoms. The van der Waals surface area contributed by atoms with E-state index in [1.807, 2.05) is 27.8 Å². The molecule has 0 radical (unpaired) electrons. The Hall–Kier alpha value is -0.360. The Labute approximate surface area is 133 Å². The molecule has 1 amide bonds. The molecule has 0 aromatic heterocycles. The van der Waals surface area contributed by atoms with Crippen LogP contribution < -0.4 is 5.73 Å². The summed E-state index contributed by atoms with van der Waals surface area (Å²) in [6.45, 7) is 8.97. The fraction of sp³-hybridized carbons (Fsp3) is 0.933. The van der Waals surface area contributed by atoms with E-state index in [4.69, 9.17) is 15.2 Å². The first-order valence-corrected chi connectivity index (χ1v) is 7.56. The van der Waals surface area contributed by atoms with Crippen LogP contribution >= 0.6 is 12.4 Å². The number of carbonyl (C=O) groups is 1. The van der Waals surface area contributed by atoms with Crippen LogP contribution in [-0.2, 0) is 14.3 Å². The van der Waals surface area contributed by atoms with Crippen molar-refractivity contribution >= 4 is 18.3 Å². The number of halogens is 1. The molecule has 1 aliphatic heterocycles. The molecule has 1 saturated heterocycles. The van der Waals surface area contributed by atoms with Crippen LogP contribution in [0.1, 0.15) is 33.6 Å². The SMILES string of the molecule is CCOC1CC(N)(C(=O)N(C)CC2CCOC2)C1(C)C.Cl. The molecule has 124 valence electrons. The van der Waals surface area contributed by atoms with E-state index in [1.165, 1.54) is 0 Å². The van der Waals surface area contributed by atoms with E-state index in [2.05, 4.69) is 0 Å². The van der Waals surface area contributed by atoms with Gasteiger partial charge in [0.15, 0.2) is 0 Å². The first-order chi connectivity index (χ1) is 9.33. The van der Waals surface area contributed by atoms with Crippen LogP contribution in [0, 0.1) is 11.3 Å². The molecule has 1 aliphatic carbocycles. The minimum Gasteiger partial charge on any atom is -0.381 e. The van der Waals surface area contributed by atoms with Crippen LogP contribution in [-0.4, -0.2) is 55.9 Å². The summed E-state index contributed by atoms with van der Waals surface area (Å²) in [7, 11) is 1.85. The van der Waals surface area contributed by atoms with Crippen LogP contribution in [0.4, 0.5) is 0 Å². The van der Waals surface area contributed by atoms with Gasteiger partial charge < -0.3 is 20.1 Å². The molecular formula is C15H29ClN2O3. The second-order valence-corrected chi connectivity index (χ2v) is 6.76. The Morgan fingerprint density at radius 2 is 2.14 bits per heavy atom. The van der Waals surface area contributed by atoms with E-state index in [-0.39, 0.29) is 29.8 Å². The average molecular weight is 321 g/mol. The number of nitrogens with zero attached hydrogens (tertiary/aromatic N) is 1. The Bertz CT molecular complexity index is 372. The third kappa shape index (κ3) is 3.21. The summed E-state index contributed by atoms with van der Waals surface area (Å²) < 4.78 is 11.0. The number of rotatable bonds is 5. The average Bonchev–Trinajstić information content (AvgIpc) is 2.90. The lowest BCUT2D eigenvalue weighted by molar-refractivity contribution is -0.178. The molecular weight excluding hydrogens is 292 g/mol. The van der Waals surface area contributed by atoms with E-state index in [9.17, 15) is 4.79 Å². The fourth-order valence-electron chi connectivity index (χ4n) is 3.34. The van der Waals surface area contributed by atoms with Gasteiger partial charge >= 0.3 is 0 Å². The molecule has 2 fully saturated rings. The summed E-state index contributed by atoms with van der Waals surface area (Å²) >= 11 is 0. The van der Waals surface area contributed by atoms with Crippen molar-refractivity contribution < 1.29 is 14.3 Å². The molecule has 3 unspecified atom stereocenters. The van der Waals surface area contributed by atoms with Crippen LogP contribution in [0.25, 0.3) is 0 Å². The smallest absolute Gasteiger partial charge is 0.243 e. The monoisotopic (exact) mass is 320 g/mol. The molecule has 3 atom stereocenters. The van der Waals surface area contributed by atoms with Gasteiger partial charge in [-0.3, -0.25) is 4.79 Å². The largest absolute Gasteiger partial charge is 0.381 e. The molecule has 0 aromatic rings. The van der Waals surface area contributed by atoms with Gasteiger partial charge in [-0.05, 0) is 13.3 Å². The maximum Gasteiger partial charge on any atom is 0.243 e. The minimum atomic E-state index is -0.805. The van der Waals surface area contributed by atoms with Crippen LogP contribution in [0.2, 0.25) is 0 Å². The molecule has 1 saturated carbocycles. The normalized spacial score (nSPS) is 34.0. The van der Waals surface area contributed by atoms with Crippen molar-refractivity contribution in [2.75, 3.05) is 33.4 Å². The zero-order valence-electron chi connectivity index (χ0n) is 13.6. The standard InChI is InChI=1S/C15H28N2O3.ClH/c1-5-20-12-8-15(16,14(12,2)3)13(18)17(4)9-11-6-7-19-10-11;/h11-12H,5-10,16H2,1-4H3;1H. The molecule has 21 heavy (non-hydrogen) atoms. The van der Waals surface area contributed by atoms with Gasteiger partial charge in [0.2, 0.25) is 5.91 Å². The molecule has 0 aromatic carbocycles. The van der Waals surface area contributed by atoms with Crippen LogP contribution in [0.3, 0.4) is 0 Å². The highest BCUT2D eigenvalue weighted by molar-refractivity contribution is 5.88. The van der Waals surface area contributed by atoms with Crippen LogP contribution in [0.5, 0.6) is 0 Å². The zero-order chi connectivity index (χ0) is 15.0. The summed E-state index contributed by atoms with van der Waals surface area (Å²) in [6.07, 6.45) is 1.71. The molecule has 2 rings (SSSR count). The summed E-state index contributed by atoms with van der Waals surface area (Å²) in [4.78, 5) is 14.5. The predicted molar refractivity (Wildman–Crippen MR) is 84.5 cm³/mol. The number of hydrogen-bond donors (Lipinski definition) is 1. The second kappa shape index (κ2) is 6.82. The summed E-state index contributed by atoms with van der Waals surface area (Å²) in [5.41, 5.74) is 5.29. The second-order valence-electron chi connectivity index (χ2n) is 6.76. The van der Waals surface area contributed by atoms with E-state index in [0.717, 1.165) is 26.2 Å². The van der Waals surface area contributed by atoms with Gasteiger partial charge in [0.05, 0.1) is 12.7 Å². The summed E-state index contributed by atoms with van der Waals surface area (Å²) in [5.74, 6) is 0.476. The van der Waals surface area contributed by atoms with Gasteiger partial charge in [-0.25, -0.2) is 0 Å². The van der Waals surface area contributed by atoms with Crippen molar-refractivity contribution in [3.63, 3.8) is 0 Å². The topological polar surface area (TPSA) is 64.8 Å². The lowest BCUT2D eigenvalue weighted by atomic mass is 9.54. The number of carbonyl (C=O) groups excluding carboxylic acids is 1. The Morgan fingerprint density at radius 3 is 2.62 bits per heavy atom. The van der Waals surface area contributed by atoms with Gasteiger partial charge in [0, 0.05) is 44.6 Å². The van der Waals surface area contributed by atoms with Crippen molar-refractivity contribution in [1.29, 1.82) is 0 Å². The highest BCUT2D eigenvalue weighted by Crippen LogP contribution is 2.50. The molecule has 2 aliphatic rings. The van der Waals surface area contributed by atoms with Gasteiger partial charge in [0.25, 0.3) is 0 Å². The summed E-state index contributed by atoms with van der Waals surface area (Å²) in [5, 5.41) is 0. The van der Waals surface area contributed by atoms with E-state index in [1.54, 1.807) is 4.90 Å². The van der Waals surface area contributed by atoms with E-state index >= 15 is 0 Å². The number of nitrogens with two attached hydrogens (primary N) is 1. The van der Waals surface area contributed by atoms with Crippen molar-refractivity contribution in [3.8, 4) is 0 Å². The quantitative estimate of drug-likeness (QED) is 0.832. The lowest BCUT2D eigenvalue weighted by Crippen LogP contribution is -2.75. The zero-order valence-corrected chi connectivity index (χ0v) is 14.4. The molecule has 2 N–H and O–H groups in total. The first kappa shape index (κ1) is 18.7. The lowest BCUT2D eigenvalue weighted by Gasteiger charge is -2.58. The minimum absolute atomic E-state index is 0. The Morgan fingerprint density at radius 1 is 1.48 bits per heavy atom. The fourth-order valence-corrected chi connectivity index (χ4v) is 3.34. The molecule has 5 nitrogen and oxygen atoms in total. The molecule has 6 heteroatoms. The summed E-state index contributed by atoms with van der Waals surface area (Å²) in [6, 6.07) is 0. The maximum absolute atomic E-state index is 12.7. The number of likely N-dealkylation sites (N-methyl/N-ethyl adjacent to an activating group) is 1. The van der Waals surface area contributed by atoms with Gasteiger partial charge in [0.1, 0.15) is 5.54 Å². The van der Waals surface area contributed by atoms with E-state index < -0.39 is 5.54 Å². The predicted octanol–water partition coefficient (Wildman–Crippen LogP) is 1.44. The third-order valence-electron chi connectivity index (χ3n) is 5.11. The van der Waals surface area contributed by atoms with Crippen molar-refractivity contribution in [1.82, 2.24) is 4.90 Å². The first-order valence-electron chi connectivity index (χ1n) is 7.56. The number of amides is 1. The van der Waals surface area contributed by atoms with E-state index in [0.29, 0.717) is 18.9 Å². The maximum atomic E-state index is 12.7. The van der Waals surface area contributed by atoms with Gasteiger partial charge in [-0.15, -0.1) is 12.4 Å². The van der Waals surface area contributed by atoms with Gasteiger partial charge in [-0.1, -0.05) is 13.8 Å². The third-order valence-corrected chi connectivity index (χ3v) is 5.11. The molecule has 0 spiro atoms. The van der Waals surface area contributed by atoms with Crippen molar-refractivity contribution in [2.24, 2.45) is 17.1 Å². The highest BCUT2D eigenvalue weighted by atomic mass is 35.5. The van der Waals surface area contributed by atoms with Crippen LogP contribution in [0.15, 0.2) is 0 Å². The van der Waals surface area contributed by atoms with Crippen molar-refractivity contribution in [3.05, 3.63) is 0 Å². The van der Waals surface area contributed by atoms with Gasteiger partial charge in [-0.2, -0.15) is 0 Å². The molecule has 1 heterocycles. The number of ether oxygens (including phenoxy) is 2. The Balaban J connectivity index is 0.00000220. The number of hydrogen-bond acceptors (Lipinski definition) is 4. The highest BCUT2D eigenvalue weighted by Gasteiger charge is 2.63. The van der Waals surface area contributed by atoms with Crippen molar-refractivity contribution in [2.45, 2.75) is 45.3 Å². The Kier molecular flexibility index (Phi) is 6.07.